The molecule has 0 aromatic rings. The van der Waals surface area contributed by atoms with E-state index < -0.39 is 0 Å². The molecule has 0 aromatic carbocycles. The molecule has 0 radical (unpaired) electrons. The second-order valence-electron chi connectivity index (χ2n) is 4.64. The predicted molar refractivity (Wildman–Crippen MR) is 56.7 cm³/mol. The molecule has 78 valence electrons. The van der Waals surface area contributed by atoms with Crippen molar-refractivity contribution in [1.82, 2.24) is 0 Å². The van der Waals surface area contributed by atoms with Crippen molar-refractivity contribution in [1.29, 1.82) is 0 Å². The van der Waals surface area contributed by atoms with Gasteiger partial charge in [-0.25, -0.2) is 0 Å². The van der Waals surface area contributed by atoms with Crippen molar-refractivity contribution in [3.63, 3.8) is 0 Å². The van der Waals surface area contributed by atoms with E-state index >= 15 is 0 Å². The van der Waals surface area contributed by atoms with Crippen molar-refractivity contribution in [2.24, 2.45) is 5.92 Å². The third kappa shape index (κ3) is 5.30. The molecular weight excluding hydrogens is 160 g/mol. The molecule has 0 aliphatic heterocycles. The van der Waals surface area contributed by atoms with Gasteiger partial charge in [0, 0.05) is 0 Å². The number of rotatable bonds is 5. The Morgan fingerprint density at radius 3 is 2.46 bits per heavy atom. The van der Waals surface area contributed by atoms with Crippen molar-refractivity contribution in [3.05, 3.63) is 0 Å². The van der Waals surface area contributed by atoms with Gasteiger partial charge < -0.3 is 5.11 Å². The molecule has 0 saturated heterocycles. The van der Waals surface area contributed by atoms with E-state index in [1.54, 1.807) is 0 Å². The summed E-state index contributed by atoms with van der Waals surface area (Å²) in [6.07, 6.45) is 12.2. The lowest BCUT2D eigenvalue weighted by Gasteiger charge is -2.21. The Bertz CT molecular complexity index is 114. The Hall–Kier alpha value is -0.0400. The van der Waals surface area contributed by atoms with Crippen molar-refractivity contribution < 1.29 is 5.11 Å². The highest BCUT2D eigenvalue weighted by Crippen LogP contribution is 2.27. The van der Waals surface area contributed by atoms with E-state index in [0.29, 0.717) is 0 Å². The van der Waals surface area contributed by atoms with Gasteiger partial charge >= 0.3 is 0 Å². The van der Waals surface area contributed by atoms with E-state index in [4.69, 9.17) is 5.11 Å². The van der Waals surface area contributed by atoms with E-state index in [0.717, 1.165) is 12.3 Å². The second-order valence-corrected chi connectivity index (χ2v) is 4.64. The molecule has 1 rings (SSSR count). The molecule has 1 N–H and O–H groups in total. The van der Waals surface area contributed by atoms with E-state index in [9.17, 15) is 0 Å². The minimum Gasteiger partial charge on any atom is -0.393 e. The highest BCUT2D eigenvalue weighted by atomic mass is 16.3. The van der Waals surface area contributed by atoms with Crippen LogP contribution in [0, 0.1) is 5.92 Å². The van der Waals surface area contributed by atoms with Crippen LogP contribution in [0.5, 0.6) is 0 Å². The SMILES string of the molecule is C[C@@H](O)CCCCC1CCCCC1. The van der Waals surface area contributed by atoms with Gasteiger partial charge in [0.15, 0.2) is 0 Å². The Labute approximate surface area is 82.5 Å². The summed E-state index contributed by atoms with van der Waals surface area (Å²) in [5.41, 5.74) is 0. The van der Waals surface area contributed by atoms with Gasteiger partial charge in [0.05, 0.1) is 6.10 Å². The molecule has 0 unspecified atom stereocenters. The minimum atomic E-state index is -0.0913. The molecule has 0 spiro atoms. The molecule has 1 saturated carbocycles. The molecule has 0 amide bonds. The normalized spacial score (nSPS) is 21.7. The van der Waals surface area contributed by atoms with Gasteiger partial charge in [0.2, 0.25) is 0 Å². The van der Waals surface area contributed by atoms with Crippen LogP contribution in [0.25, 0.3) is 0 Å². The van der Waals surface area contributed by atoms with Crippen LogP contribution in [0.15, 0.2) is 0 Å². The first-order chi connectivity index (χ1) is 6.29. The fourth-order valence-electron chi connectivity index (χ4n) is 2.35. The summed E-state index contributed by atoms with van der Waals surface area (Å²) >= 11 is 0. The number of aliphatic hydroxyl groups excluding tert-OH is 1. The topological polar surface area (TPSA) is 20.2 Å². The Morgan fingerprint density at radius 1 is 1.15 bits per heavy atom. The van der Waals surface area contributed by atoms with Gasteiger partial charge in [-0.2, -0.15) is 0 Å². The highest BCUT2D eigenvalue weighted by Gasteiger charge is 2.12. The highest BCUT2D eigenvalue weighted by molar-refractivity contribution is 4.65. The smallest absolute Gasteiger partial charge is 0.0512 e. The molecule has 1 aliphatic rings. The summed E-state index contributed by atoms with van der Waals surface area (Å²) in [5, 5.41) is 9.09. The molecule has 0 bridgehead atoms. The summed E-state index contributed by atoms with van der Waals surface area (Å²) in [4.78, 5) is 0. The summed E-state index contributed by atoms with van der Waals surface area (Å²) < 4.78 is 0. The molecule has 13 heavy (non-hydrogen) atoms. The van der Waals surface area contributed by atoms with Gasteiger partial charge in [-0.05, 0) is 19.3 Å². The van der Waals surface area contributed by atoms with E-state index in [1.807, 2.05) is 6.92 Å². The van der Waals surface area contributed by atoms with Crippen LogP contribution in [0.4, 0.5) is 0 Å². The van der Waals surface area contributed by atoms with Crippen molar-refractivity contribution >= 4 is 0 Å². The van der Waals surface area contributed by atoms with Crippen molar-refractivity contribution in [2.45, 2.75) is 70.8 Å². The van der Waals surface area contributed by atoms with E-state index in [-0.39, 0.29) is 6.10 Å². The van der Waals surface area contributed by atoms with E-state index in [1.165, 1.54) is 51.4 Å². The van der Waals surface area contributed by atoms with Gasteiger partial charge in [-0.1, -0.05) is 51.4 Å². The lowest BCUT2D eigenvalue weighted by atomic mass is 9.85. The molecule has 1 heteroatoms. The Morgan fingerprint density at radius 2 is 1.85 bits per heavy atom. The first-order valence-corrected chi connectivity index (χ1v) is 5.97. The van der Waals surface area contributed by atoms with Crippen molar-refractivity contribution in [3.8, 4) is 0 Å². The standard InChI is InChI=1S/C12H24O/c1-11(13)7-5-6-10-12-8-3-2-4-9-12/h11-13H,2-10H2,1H3/t11-/m1/s1. The van der Waals surface area contributed by atoms with Gasteiger partial charge in [0.25, 0.3) is 0 Å². The third-order valence-corrected chi connectivity index (χ3v) is 3.21. The molecule has 0 heterocycles. The zero-order valence-corrected chi connectivity index (χ0v) is 8.97. The average molecular weight is 184 g/mol. The number of hydrogen-bond donors (Lipinski definition) is 1. The van der Waals surface area contributed by atoms with Crippen LogP contribution < -0.4 is 0 Å². The zero-order valence-electron chi connectivity index (χ0n) is 8.97. The minimum absolute atomic E-state index is 0.0913. The quantitative estimate of drug-likeness (QED) is 0.648. The molecule has 1 aliphatic carbocycles. The van der Waals surface area contributed by atoms with Gasteiger partial charge in [-0.3, -0.25) is 0 Å². The summed E-state index contributed by atoms with van der Waals surface area (Å²) in [7, 11) is 0. The fourth-order valence-corrected chi connectivity index (χ4v) is 2.35. The molecular formula is C12H24O. The van der Waals surface area contributed by atoms with Crippen LogP contribution >= 0.6 is 0 Å². The van der Waals surface area contributed by atoms with Crippen LogP contribution in [-0.2, 0) is 0 Å². The monoisotopic (exact) mass is 184 g/mol. The largest absolute Gasteiger partial charge is 0.393 e. The Balaban J connectivity index is 1.92. The summed E-state index contributed by atoms with van der Waals surface area (Å²) in [5.74, 6) is 1.02. The van der Waals surface area contributed by atoms with Gasteiger partial charge in [0.1, 0.15) is 0 Å². The summed E-state index contributed by atoms with van der Waals surface area (Å²) in [6, 6.07) is 0. The second kappa shape index (κ2) is 6.42. The lowest BCUT2D eigenvalue weighted by Crippen LogP contribution is -2.06. The maximum absolute atomic E-state index is 9.09. The average Bonchev–Trinajstić information content (AvgIpc) is 2.14. The molecule has 0 aromatic heterocycles. The maximum Gasteiger partial charge on any atom is 0.0512 e. The molecule has 1 nitrogen and oxygen atoms in total. The number of hydrogen-bond acceptors (Lipinski definition) is 1. The van der Waals surface area contributed by atoms with Gasteiger partial charge in [-0.15, -0.1) is 0 Å². The zero-order chi connectivity index (χ0) is 9.52. The fraction of sp³-hybridized carbons (Fsp3) is 1.00. The molecule has 1 atom stereocenters. The lowest BCUT2D eigenvalue weighted by molar-refractivity contribution is 0.178. The van der Waals surface area contributed by atoms with Crippen LogP contribution in [0.2, 0.25) is 0 Å². The maximum atomic E-state index is 9.09. The first kappa shape index (κ1) is 11.0. The van der Waals surface area contributed by atoms with Crippen LogP contribution in [-0.4, -0.2) is 11.2 Å². The third-order valence-electron chi connectivity index (χ3n) is 3.21. The Kier molecular flexibility index (Phi) is 5.45. The van der Waals surface area contributed by atoms with E-state index in [2.05, 4.69) is 0 Å². The molecule has 1 fully saturated rings. The van der Waals surface area contributed by atoms with Crippen molar-refractivity contribution in [2.75, 3.05) is 0 Å². The first-order valence-electron chi connectivity index (χ1n) is 5.97. The predicted octanol–water partition coefficient (Wildman–Crippen LogP) is 3.51. The summed E-state index contributed by atoms with van der Waals surface area (Å²) in [6.45, 7) is 1.89. The van der Waals surface area contributed by atoms with Crippen LogP contribution in [0.3, 0.4) is 0 Å². The number of unbranched alkanes of at least 4 members (excludes halogenated alkanes) is 1. The number of aliphatic hydroxyl groups is 1. The van der Waals surface area contributed by atoms with Crippen LogP contribution in [0.1, 0.15) is 64.7 Å².